The molecule has 0 amide bonds. The van der Waals surface area contributed by atoms with E-state index in [0.29, 0.717) is 5.95 Å². The van der Waals surface area contributed by atoms with Crippen molar-refractivity contribution in [3.63, 3.8) is 0 Å². The molecular weight excluding hydrogens is 202 g/mol. The van der Waals surface area contributed by atoms with Crippen LogP contribution in [0, 0.1) is 6.92 Å². The van der Waals surface area contributed by atoms with Crippen LogP contribution in [-0.4, -0.2) is 23.3 Å². The Bertz CT molecular complexity index is 490. The van der Waals surface area contributed by atoms with Gasteiger partial charge in [0, 0.05) is 20.3 Å². The molecule has 0 bridgehead atoms. The Morgan fingerprint density at radius 3 is 3.00 bits per heavy atom. The number of fused-ring (bicyclic) bond motifs is 1. The van der Waals surface area contributed by atoms with Crippen LogP contribution < -0.4 is 5.73 Å². The van der Waals surface area contributed by atoms with E-state index in [1.54, 1.807) is 7.11 Å². The summed E-state index contributed by atoms with van der Waals surface area (Å²) in [5.74, 6) is 0.580. The van der Waals surface area contributed by atoms with E-state index in [2.05, 4.69) is 30.1 Å². The monoisotopic (exact) mass is 219 g/mol. The van der Waals surface area contributed by atoms with Crippen LogP contribution in [0.4, 0.5) is 5.95 Å². The lowest BCUT2D eigenvalue weighted by Gasteiger charge is -2.05. The number of imidazole rings is 1. The molecule has 0 fully saturated rings. The molecule has 86 valence electrons. The van der Waals surface area contributed by atoms with Crippen molar-refractivity contribution in [3.8, 4) is 0 Å². The zero-order valence-electron chi connectivity index (χ0n) is 9.73. The number of methoxy groups -OCH3 is 1. The van der Waals surface area contributed by atoms with Gasteiger partial charge >= 0.3 is 0 Å². The molecule has 4 nitrogen and oxygen atoms in total. The molecule has 0 aliphatic heterocycles. The van der Waals surface area contributed by atoms with Gasteiger partial charge < -0.3 is 15.0 Å². The number of nitrogens with zero attached hydrogens (tertiary/aromatic N) is 2. The van der Waals surface area contributed by atoms with Crippen molar-refractivity contribution in [2.45, 2.75) is 19.9 Å². The van der Waals surface area contributed by atoms with Gasteiger partial charge in [-0.1, -0.05) is 6.07 Å². The Kier molecular flexibility index (Phi) is 3.10. The normalized spacial score (nSPS) is 11.1. The SMILES string of the molecule is COCCCn1c(N)nc2cc(C)ccc21. The lowest BCUT2D eigenvalue weighted by Crippen LogP contribution is -2.05. The number of benzene rings is 1. The van der Waals surface area contributed by atoms with Crippen molar-refractivity contribution in [1.29, 1.82) is 0 Å². The van der Waals surface area contributed by atoms with E-state index in [9.17, 15) is 0 Å². The third-order valence-corrected chi connectivity index (χ3v) is 2.66. The maximum Gasteiger partial charge on any atom is 0.201 e. The Balaban J connectivity index is 2.32. The molecule has 0 saturated heterocycles. The van der Waals surface area contributed by atoms with Crippen molar-refractivity contribution < 1.29 is 4.74 Å². The van der Waals surface area contributed by atoms with Gasteiger partial charge in [0.2, 0.25) is 5.95 Å². The first kappa shape index (κ1) is 11.0. The second-order valence-corrected chi connectivity index (χ2v) is 3.96. The molecule has 0 spiro atoms. The third kappa shape index (κ3) is 2.02. The number of aromatic nitrogens is 2. The number of anilines is 1. The number of nitrogen functional groups attached to an aromatic ring is 1. The summed E-state index contributed by atoms with van der Waals surface area (Å²) >= 11 is 0. The molecule has 0 aliphatic rings. The largest absolute Gasteiger partial charge is 0.385 e. The molecule has 1 aromatic carbocycles. The maximum atomic E-state index is 5.90. The van der Waals surface area contributed by atoms with Gasteiger partial charge in [0.25, 0.3) is 0 Å². The van der Waals surface area contributed by atoms with Gasteiger partial charge in [-0.25, -0.2) is 4.98 Å². The van der Waals surface area contributed by atoms with Gasteiger partial charge in [-0.15, -0.1) is 0 Å². The molecule has 16 heavy (non-hydrogen) atoms. The predicted molar refractivity (Wildman–Crippen MR) is 65.4 cm³/mol. The van der Waals surface area contributed by atoms with Crippen molar-refractivity contribution in [3.05, 3.63) is 23.8 Å². The molecular formula is C12H17N3O. The number of hydrogen-bond donors (Lipinski definition) is 1. The number of ether oxygens (including phenoxy) is 1. The average Bonchev–Trinajstić information content (AvgIpc) is 2.55. The van der Waals surface area contributed by atoms with Gasteiger partial charge in [-0.3, -0.25) is 0 Å². The van der Waals surface area contributed by atoms with Crippen LogP contribution in [0.15, 0.2) is 18.2 Å². The Labute approximate surface area is 95.0 Å². The summed E-state index contributed by atoms with van der Waals surface area (Å²) in [5, 5.41) is 0. The smallest absolute Gasteiger partial charge is 0.201 e. The van der Waals surface area contributed by atoms with Gasteiger partial charge in [0.1, 0.15) is 0 Å². The number of nitrogens with two attached hydrogens (primary N) is 1. The Hall–Kier alpha value is -1.55. The van der Waals surface area contributed by atoms with Gasteiger partial charge in [0.15, 0.2) is 0 Å². The summed E-state index contributed by atoms with van der Waals surface area (Å²) < 4.78 is 7.07. The zero-order valence-corrected chi connectivity index (χ0v) is 9.73. The van der Waals surface area contributed by atoms with Crippen LogP contribution in [0.25, 0.3) is 11.0 Å². The first-order valence-electron chi connectivity index (χ1n) is 5.43. The van der Waals surface area contributed by atoms with Crippen LogP contribution in [0.5, 0.6) is 0 Å². The molecule has 0 aliphatic carbocycles. The molecule has 2 N–H and O–H groups in total. The average molecular weight is 219 g/mol. The molecule has 4 heteroatoms. The summed E-state index contributed by atoms with van der Waals surface area (Å²) in [6, 6.07) is 6.20. The van der Waals surface area contributed by atoms with Crippen LogP contribution >= 0.6 is 0 Å². The predicted octanol–water partition coefficient (Wildman–Crippen LogP) is 1.96. The Morgan fingerprint density at radius 2 is 2.25 bits per heavy atom. The number of aryl methyl sites for hydroxylation is 2. The van der Waals surface area contributed by atoms with E-state index in [-0.39, 0.29) is 0 Å². The molecule has 0 atom stereocenters. The first-order chi connectivity index (χ1) is 7.72. The van der Waals surface area contributed by atoms with Crippen molar-refractivity contribution in [2.24, 2.45) is 0 Å². The number of hydrogen-bond acceptors (Lipinski definition) is 3. The van der Waals surface area contributed by atoms with Gasteiger partial charge in [-0.05, 0) is 31.0 Å². The minimum absolute atomic E-state index is 0.580. The molecule has 0 radical (unpaired) electrons. The van der Waals surface area contributed by atoms with Crippen LogP contribution in [0.2, 0.25) is 0 Å². The Morgan fingerprint density at radius 1 is 1.44 bits per heavy atom. The summed E-state index contributed by atoms with van der Waals surface area (Å²) in [5.41, 5.74) is 9.16. The van der Waals surface area contributed by atoms with E-state index in [4.69, 9.17) is 10.5 Å². The highest BCUT2D eigenvalue weighted by Gasteiger charge is 2.07. The molecule has 0 unspecified atom stereocenters. The van der Waals surface area contributed by atoms with Gasteiger partial charge in [0.05, 0.1) is 11.0 Å². The highest BCUT2D eigenvalue weighted by atomic mass is 16.5. The topological polar surface area (TPSA) is 53.1 Å². The standard InChI is InChI=1S/C12H17N3O/c1-9-4-5-11-10(8-9)14-12(13)15(11)6-3-7-16-2/h4-5,8H,3,6-7H2,1-2H3,(H2,13,14). The van der Waals surface area contributed by atoms with Crippen LogP contribution in [-0.2, 0) is 11.3 Å². The third-order valence-electron chi connectivity index (χ3n) is 2.66. The van der Waals surface area contributed by atoms with Crippen molar-refractivity contribution in [1.82, 2.24) is 9.55 Å². The summed E-state index contributed by atoms with van der Waals surface area (Å²) in [7, 11) is 1.71. The fourth-order valence-electron chi connectivity index (χ4n) is 1.86. The summed E-state index contributed by atoms with van der Waals surface area (Å²) in [4.78, 5) is 4.35. The van der Waals surface area contributed by atoms with Crippen LogP contribution in [0.1, 0.15) is 12.0 Å². The fourth-order valence-corrected chi connectivity index (χ4v) is 1.86. The highest BCUT2D eigenvalue weighted by molar-refractivity contribution is 5.79. The van der Waals surface area contributed by atoms with E-state index >= 15 is 0 Å². The van der Waals surface area contributed by atoms with Gasteiger partial charge in [-0.2, -0.15) is 0 Å². The van der Waals surface area contributed by atoms with E-state index in [1.165, 1.54) is 5.56 Å². The molecule has 2 rings (SSSR count). The quantitative estimate of drug-likeness (QED) is 0.800. The van der Waals surface area contributed by atoms with Crippen LogP contribution in [0.3, 0.4) is 0 Å². The van der Waals surface area contributed by atoms with Crippen molar-refractivity contribution >= 4 is 17.0 Å². The molecule has 1 aromatic heterocycles. The molecule has 1 heterocycles. The summed E-state index contributed by atoms with van der Waals surface area (Å²) in [6.45, 7) is 3.64. The first-order valence-corrected chi connectivity index (χ1v) is 5.43. The second kappa shape index (κ2) is 4.53. The lowest BCUT2D eigenvalue weighted by atomic mass is 10.2. The molecule has 2 aromatic rings. The van der Waals surface area contributed by atoms with E-state index in [0.717, 1.165) is 30.6 Å². The minimum atomic E-state index is 0.580. The highest BCUT2D eigenvalue weighted by Crippen LogP contribution is 2.19. The van der Waals surface area contributed by atoms with E-state index in [1.807, 2.05) is 4.57 Å². The lowest BCUT2D eigenvalue weighted by molar-refractivity contribution is 0.191. The minimum Gasteiger partial charge on any atom is -0.385 e. The number of rotatable bonds is 4. The summed E-state index contributed by atoms with van der Waals surface area (Å²) in [6.07, 6.45) is 0.944. The maximum absolute atomic E-state index is 5.90. The van der Waals surface area contributed by atoms with Crippen molar-refractivity contribution in [2.75, 3.05) is 19.5 Å². The second-order valence-electron chi connectivity index (χ2n) is 3.96. The van der Waals surface area contributed by atoms with E-state index < -0.39 is 0 Å². The fraction of sp³-hybridized carbons (Fsp3) is 0.417. The molecule has 0 saturated carbocycles. The zero-order chi connectivity index (χ0) is 11.5.